The van der Waals surface area contributed by atoms with Crippen LogP contribution in [0.25, 0.3) is 0 Å². The fraction of sp³-hybridized carbons (Fsp3) is 0.455. The van der Waals surface area contributed by atoms with Gasteiger partial charge in [0.2, 0.25) is 0 Å². The Hall–Kier alpha value is -1.63. The van der Waals surface area contributed by atoms with Gasteiger partial charge in [0, 0.05) is 0 Å². The van der Waals surface area contributed by atoms with Gasteiger partial charge in [0.1, 0.15) is 5.83 Å². The van der Waals surface area contributed by atoms with Crippen molar-refractivity contribution >= 4 is 0 Å². The number of hydrogen-bond acceptors (Lipinski definition) is 0. The zero-order chi connectivity index (χ0) is 17.5. The molecular weight excluding hydrogens is 283 g/mol. The molecule has 0 amide bonds. The van der Waals surface area contributed by atoms with Crippen molar-refractivity contribution in [3.05, 3.63) is 72.2 Å². The van der Waals surface area contributed by atoms with Crippen molar-refractivity contribution in [1.29, 1.82) is 0 Å². The molecule has 0 aromatic carbocycles. The van der Waals surface area contributed by atoms with Crippen molar-refractivity contribution < 1.29 is 4.39 Å². The van der Waals surface area contributed by atoms with Gasteiger partial charge in [-0.3, -0.25) is 0 Å². The molecule has 0 radical (unpaired) electrons. The molecule has 23 heavy (non-hydrogen) atoms. The Morgan fingerprint density at radius 2 is 2.13 bits per heavy atom. The zero-order valence-electron chi connectivity index (χ0n) is 15.3. The molecule has 2 atom stereocenters. The van der Waals surface area contributed by atoms with E-state index in [2.05, 4.69) is 64.7 Å². The second-order valence-corrected chi connectivity index (χ2v) is 6.70. The third kappa shape index (κ3) is 4.92. The predicted octanol–water partition coefficient (Wildman–Crippen LogP) is 7.10. The van der Waals surface area contributed by atoms with Crippen LogP contribution in [0.3, 0.4) is 0 Å². The summed E-state index contributed by atoms with van der Waals surface area (Å²) < 4.78 is 13.4. The number of allylic oxidation sites excluding steroid dienone is 11. The highest BCUT2D eigenvalue weighted by Gasteiger charge is 2.37. The van der Waals surface area contributed by atoms with Crippen molar-refractivity contribution in [3.8, 4) is 0 Å². The van der Waals surface area contributed by atoms with E-state index in [1.165, 1.54) is 17.7 Å². The molecule has 0 nitrogen and oxygen atoms in total. The summed E-state index contributed by atoms with van der Waals surface area (Å²) in [6.07, 6.45) is 17.8. The summed E-state index contributed by atoms with van der Waals surface area (Å²) in [5, 5.41) is 0. The van der Waals surface area contributed by atoms with Crippen molar-refractivity contribution in [3.63, 3.8) is 0 Å². The first kappa shape index (κ1) is 19.4. The van der Waals surface area contributed by atoms with E-state index in [1.54, 1.807) is 13.0 Å². The van der Waals surface area contributed by atoms with Crippen LogP contribution in [0.1, 0.15) is 47.5 Å². The van der Waals surface area contributed by atoms with Crippen LogP contribution in [0.15, 0.2) is 72.2 Å². The van der Waals surface area contributed by atoms with Gasteiger partial charge in [-0.2, -0.15) is 0 Å². The monoisotopic (exact) mass is 314 g/mol. The summed E-state index contributed by atoms with van der Waals surface area (Å²) in [6.45, 7) is 14.9. The SMILES string of the molecule is C=C(/C=C\C(F)=C/C)C1=CC=CCC1C(C)(C=CCC)C(C)C. The second-order valence-electron chi connectivity index (χ2n) is 6.70. The fourth-order valence-electron chi connectivity index (χ4n) is 3.00. The van der Waals surface area contributed by atoms with Gasteiger partial charge in [-0.25, -0.2) is 4.39 Å². The lowest BCUT2D eigenvalue weighted by atomic mass is 9.63. The molecule has 0 aliphatic heterocycles. The number of hydrogen-bond donors (Lipinski definition) is 0. The maximum Gasteiger partial charge on any atom is 0.118 e. The van der Waals surface area contributed by atoms with E-state index in [1.807, 2.05) is 0 Å². The van der Waals surface area contributed by atoms with Gasteiger partial charge in [0.05, 0.1) is 0 Å². The molecule has 126 valence electrons. The molecule has 1 heteroatoms. The Morgan fingerprint density at radius 1 is 1.43 bits per heavy atom. The maximum absolute atomic E-state index is 13.4. The molecule has 0 bridgehead atoms. The van der Waals surface area contributed by atoms with Crippen LogP contribution in [-0.2, 0) is 0 Å². The highest BCUT2D eigenvalue weighted by Crippen LogP contribution is 2.46. The van der Waals surface area contributed by atoms with E-state index < -0.39 is 0 Å². The van der Waals surface area contributed by atoms with Crippen LogP contribution in [0.4, 0.5) is 4.39 Å². The van der Waals surface area contributed by atoms with Crippen LogP contribution < -0.4 is 0 Å². The van der Waals surface area contributed by atoms with E-state index in [0.717, 1.165) is 18.4 Å². The topological polar surface area (TPSA) is 0 Å². The highest BCUT2D eigenvalue weighted by atomic mass is 19.1. The minimum atomic E-state index is -0.229. The van der Waals surface area contributed by atoms with E-state index in [-0.39, 0.29) is 11.2 Å². The van der Waals surface area contributed by atoms with Crippen LogP contribution in [0.2, 0.25) is 0 Å². The molecule has 0 N–H and O–H groups in total. The van der Waals surface area contributed by atoms with E-state index >= 15 is 0 Å². The molecule has 0 aromatic heterocycles. The van der Waals surface area contributed by atoms with Crippen LogP contribution in [0.5, 0.6) is 0 Å². The summed E-state index contributed by atoms with van der Waals surface area (Å²) in [4.78, 5) is 0. The van der Waals surface area contributed by atoms with Crippen molar-refractivity contribution in [2.24, 2.45) is 17.3 Å². The summed E-state index contributed by atoms with van der Waals surface area (Å²) in [5.74, 6) is 0.641. The second kappa shape index (κ2) is 8.86. The van der Waals surface area contributed by atoms with Gasteiger partial charge < -0.3 is 0 Å². The van der Waals surface area contributed by atoms with Gasteiger partial charge in [-0.05, 0) is 54.2 Å². The Kier molecular flexibility index (Phi) is 7.48. The van der Waals surface area contributed by atoms with Gasteiger partial charge >= 0.3 is 0 Å². The molecule has 1 rings (SSSR count). The van der Waals surface area contributed by atoms with Crippen LogP contribution >= 0.6 is 0 Å². The van der Waals surface area contributed by atoms with Crippen molar-refractivity contribution in [2.75, 3.05) is 0 Å². The average Bonchev–Trinajstić information content (AvgIpc) is 2.56. The van der Waals surface area contributed by atoms with E-state index in [9.17, 15) is 4.39 Å². The van der Waals surface area contributed by atoms with Crippen molar-refractivity contribution in [2.45, 2.75) is 47.5 Å². The molecule has 2 unspecified atom stereocenters. The lowest BCUT2D eigenvalue weighted by Crippen LogP contribution is -2.33. The summed E-state index contributed by atoms with van der Waals surface area (Å²) in [5.41, 5.74) is 2.17. The zero-order valence-corrected chi connectivity index (χ0v) is 15.3. The Bertz CT molecular complexity index is 555. The third-order valence-electron chi connectivity index (χ3n) is 4.96. The Morgan fingerprint density at radius 3 is 2.70 bits per heavy atom. The molecule has 0 heterocycles. The van der Waals surface area contributed by atoms with Gasteiger partial charge in [0.25, 0.3) is 0 Å². The molecule has 0 saturated carbocycles. The van der Waals surface area contributed by atoms with Crippen LogP contribution in [-0.4, -0.2) is 0 Å². The molecule has 0 spiro atoms. The average molecular weight is 314 g/mol. The normalized spacial score (nSPS) is 22.0. The molecule has 0 fully saturated rings. The quantitative estimate of drug-likeness (QED) is 0.347. The summed E-state index contributed by atoms with van der Waals surface area (Å²) in [7, 11) is 0. The minimum Gasteiger partial charge on any atom is -0.207 e. The third-order valence-corrected chi connectivity index (χ3v) is 4.96. The van der Waals surface area contributed by atoms with E-state index in [4.69, 9.17) is 0 Å². The highest BCUT2D eigenvalue weighted by molar-refractivity contribution is 5.45. The molecule has 1 aliphatic rings. The standard InChI is InChI=1S/C22H31F/c1-7-9-16-22(6,17(3)4)21-13-11-10-12-20(21)18(5)14-15-19(23)8-2/h8-12,14-17,21H,5,7,13H2,1-4,6H3/b15-14-,16-9?,19-8+. The first-order valence-corrected chi connectivity index (χ1v) is 8.60. The Labute approximate surface area is 141 Å². The number of halogens is 1. The molecule has 0 aromatic rings. The predicted molar refractivity (Wildman–Crippen MR) is 101 cm³/mol. The van der Waals surface area contributed by atoms with Crippen molar-refractivity contribution in [1.82, 2.24) is 0 Å². The molecule has 1 aliphatic carbocycles. The summed E-state index contributed by atoms with van der Waals surface area (Å²) in [6, 6.07) is 0. The fourth-order valence-corrected chi connectivity index (χ4v) is 3.00. The first-order valence-electron chi connectivity index (χ1n) is 8.60. The lowest BCUT2D eigenvalue weighted by Gasteiger charge is -2.41. The number of rotatable bonds is 7. The molecular formula is C22H31F. The first-order chi connectivity index (χ1) is 10.9. The molecule has 0 saturated heterocycles. The minimum absolute atomic E-state index is 0.0581. The lowest BCUT2D eigenvalue weighted by molar-refractivity contribution is 0.206. The van der Waals surface area contributed by atoms with E-state index in [0.29, 0.717) is 11.8 Å². The maximum atomic E-state index is 13.4. The van der Waals surface area contributed by atoms with Gasteiger partial charge in [-0.1, -0.05) is 76.8 Å². The largest absolute Gasteiger partial charge is 0.207 e. The van der Waals surface area contributed by atoms with Gasteiger partial charge in [-0.15, -0.1) is 0 Å². The van der Waals surface area contributed by atoms with Crippen LogP contribution in [0, 0.1) is 17.3 Å². The Balaban J connectivity index is 3.16. The van der Waals surface area contributed by atoms with Gasteiger partial charge in [0.15, 0.2) is 0 Å². The smallest absolute Gasteiger partial charge is 0.118 e. The summed E-state index contributed by atoms with van der Waals surface area (Å²) >= 11 is 0.